The van der Waals surface area contributed by atoms with Crippen LogP contribution in [0.4, 0.5) is 5.69 Å². The van der Waals surface area contributed by atoms with Crippen LogP contribution in [0.1, 0.15) is 21.5 Å². The number of para-hydroxylation sites is 1. The van der Waals surface area contributed by atoms with Gasteiger partial charge in [0.2, 0.25) is 5.91 Å². The molecule has 0 radical (unpaired) electrons. The maximum Gasteiger partial charge on any atom is 0.259 e. The molecule has 5 rings (SSSR count). The van der Waals surface area contributed by atoms with Crippen molar-refractivity contribution in [2.75, 3.05) is 31.1 Å². The maximum atomic E-state index is 13.6. The molecule has 3 aromatic carbocycles. The Kier molecular flexibility index (Phi) is 5.73. The van der Waals surface area contributed by atoms with Gasteiger partial charge in [-0.15, -0.1) is 0 Å². The van der Waals surface area contributed by atoms with Gasteiger partial charge in [0.15, 0.2) is 0 Å². The zero-order chi connectivity index (χ0) is 21.9. The third-order valence-electron chi connectivity index (χ3n) is 6.43. The Balaban J connectivity index is 1.31. The van der Waals surface area contributed by atoms with Crippen molar-refractivity contribution in [3.8, 4) is 0 Å². The average Bonchev–Trinajstić information content (AvgIpc) is 3.24. The zero-order valence-corrected chi connectivity index (χ0v) is 18.1. The predicted octanol–water partition coefficient (Wildman–Crippen LogP) is 3.60. The Labute approximate surface area is 188 Å². The molecule has 0 aromatic heterocycles. The largest absolute Gasteiger partial charge is 0.338 e. The minimum absolute atomic E-state index is 0.0462. The third kappa shape index (κ3) is 4.04. The van der Waals surface area contributed by atoms with Crippen LogP contribution in [-0.2, 0) is 17.8 Å². The lowest BCUT2D eigenvalue weighted by atomic mass is 10.1. The second-order valence-electron chi connectivity index (χ2n) is 8.48. The van der Waals surface area contributed by atoms with Gasteiger partial charge in [-0.3, -0.25) is 19.4 Å². The number of carbonyl (C=O) groups excluding carboxylic acids is 2. The number of nitrogens with zero attached hydrogens (tertiary/aromatic N) is 3. The van der Waals surface area contributed by atoms with Crippen molar-refractivity contribution >= 4 is 17.5 Å². The normalized spacial score (nSPS) is 18.4. The fraction of sp³-hybridized carbons (Fsp3) is 0.259. The van der Waals surface area contributed by atoms with Crippen molar-refractivity contribution in [2.45, 2.75) is 19.0 Å². The van der Waals surface area contributed by atoms with Crippen LogP contribution in [0.5, 0.6) is 0 Å². The van der Waals surface area contributed by atoms with Crippen molar-refractivity contribution in [2.24, 2.45) is 0 Å². The lowest BCUT2D eigenvalue weighted by Gasteiger charge is -2.37. The minimum atomic E-state index is -0.485. The second-order valence-corrected chi connectivity index (χ2v) is 8.48. The van der Waals surface area contributed by atoms with Gasteiger partial charge in [-0.2, -0.15) is 0 Å². The van der Waals surface area contributed by atoms with Gasteiger partial charge < -0.3 is 4.90 Å². The SMILES string of the molecule is O=C(C1Cc2ccccc2N1C(=O)c1ccccc1)N1CCN(Cc2ccccc2)CC1. The molecule has 0 aliphatic carbocycles. The van der Waals surface area contributed by atoms with Gasteiger partial charge in [-0.1, -0.05) is 66.7 Å². The minimum Gasteiger partial charge on any atom is -0.338 e. The van der Waals surface area contributed by atoms with E-state index < -0.39 is 6.04 Å². The number of fused-ring (bicyclic) bond motifs is 1. The van der Waals surface area contributed by atoms with Gasteiger partial charge in [-0.05, 0) is 29.3 Å². The number of carbonyl (C=O) groups is 2. The molecule has 3 aromatic rings. The summed E-state index contributed by atoms with van der Waals surface area (Å²) in [5, 5.41) is 0. The summed E-state index contributed by atoms with van der Waals surface area (Å²) in [4.78, 5) is 33.0. The highest BCUT2D eigenvalue weighted by molar-refractivity contribution is 6.11. The van der Waals surface area contributed by atoms with Crippen molar-refractivity contribution < 1.29 is 9.59 Å². The summed E-state index contributed by atoms with van der Waals surface area (Å²) < 4.78 is 0. The molecule has 0 saturated carbocycles. The Morgan fingerprint density at radius 3 is 2.09 bits per heavy atom. The first-order valence-corrected chi connectivity index (χ1v) is 11.2. The van der Waals surface area contributed by atoms with E-state index in [0.29, 0.717) is 25.1 Å². The van der Waals surface area contributed by atoms with Crippen LogP contribution in [0.15, 0.2) is 84.9 Å². The number of anilines is 1. The monoisotopic (exact) mass is 425 g/mol. The Morgan fingerprint density at radius 1 is 0.750 bits per heavy atom. The summed E-state index contributed by atoms with van der Waals surface area (Å²) in [5.41, 5.74) is 3.80. The summed E-state index contributed by atoms with van der Waals surface area (Å²) >= 11 is 0. The molecule has 0 bridgehead atoms. The molecule has 32 heavy (non-hydrogen) atoms. The number of hydrogen-bond donors (Lipinski definition) is 0. The summed E-state index contributed by atoms with van der Waals surface area (Å²) in [7, 11) is 0. The number of amides is 2. The van der Waals surface area contributed by atoms with E-state index in [1.807, 2.05) is 65.6 Å². The van der Waals surface area contributed by atoms with Crippen molar-refractivity contribution in [1.82, 2.24) is 9.80 Å². The van der Waals surface area contributed by atoms with Gasteiger partial charge in [-0.25, -0.2) is 0 Å². The smallest absolute Gasteiger partial charge is 0.259 e. The van der Waals surface area contributed by atoms with E-state index in [2.05, 4.69) is 29.2 Å². The van der Waals surface area contributed by atoms with Gasteiger partial charge in [0.1, 0.15) is 6.04 Å². The zero-order valence-electron chi connectivity index (χ0n) is 18.1. The summed E-state index contributed by atoms with van der Waals surface area (Å²) in [5.74, 6) is -0.0681. The van der Waals surface area contributed by atoms with Crippen molar-refractivity contribution in [3.05, 3.63) is 102 Å². The Morgan fingerprint density at radius 2 is 1.38 bits per heavy atom. The van der Waals surface area contributed by atoms with Crippen LogP contribution in [-0.4, -0.2) is 53.8 Å². The molecule has 5 heteroatoms. The highest BCUT2D eigenvalue weighted by Gasteiger charge is 2.40. The van der Waals surface area contributed by atoms with Gasteiger partial charge in [0.05, 0.1) is 0 Å². The summed E-state index contributed by atoms with van der Waals surface area (Å²) in [6.45, 7) is 3.95. The Hall–Kier alpha value is -3.44. The van der Waals surface area contributed by atoms with Crippen LogP contribution in [0.25, 0.3) is 0 Å². The average molecular weight is 426 g/mol. The molecule has 162 valence electrons. The van der Waals surface area contributed by atoms with Crippen LogP contribution >= 0.6 is 0 Å². The van der Waals surface area contributed by atoms with Gasteiger partial charge in [0.25, 0.3) is 5.91 Å². The summed E-state index contributed by atoms with van der Waals surface area (Å²) in [6, 6.07) is 27.0. The molecular weight excluding hydrogens is 398 g/mol. The number of rotatable bonds is 4. The first-order valence-electron chi connectivity index (χ1n) is 11.2. The van der Waals surface area contributed by atoms with E-state index in [1.165, 1.54) is 5.56 Å². The number of piperazine rings is 1. The molecule has 1 saturated heterocycles. The standard InChI is InChI=1S/C27H27N3O2/c31-26(22-11-5-2-6-12-22)30-24-14-8-7-13-23(24)19-25(30)27(32)29-17-15-28(16-18-29)20-21-9-3-1-4-10-21/h1-14,25H,15-20H2. The highest BCUT2D eigenvalue weighted by Crippen LogP contribution is 2.34. The lowest BCUT2D eigenvalue weighted by Crippen LogP contribution is -2.55. The molecule has 5 nitrogen and oxygen atoms in total. The molecule has 0 spiro atoms. The molecule has 2 aliphatic heterocycles. The highest BCUT2D eigenvalue weighted by atomic mass is 16.2. The van der Waals surface area contributed by atoms with Crippen LogP contribution in [0, 0.1) is 0 Å². The van der Waals surface area contributed by atoms with E-state index in [0.717, 1.165) is 30.9 Å². The molecule has 1 atom stereocenters. The predicted molar refractivity (Wildman–Crippen MR) is 125 cm³/mol. The van der Waals surface area contributed by atoms with Gasteiger partial charge in [0, 0.05) is 50.4 Å². The molecule has 1 unspecified atom stereocenters. The van der Waals surface area contributed by atoms with Crippen LogP contribution in [0.3, 0.4) is 0 Å². The van der Waals surface area contributed by atoms with Crippen LogP contribution in [0.2, 0.25) is 0 Å². The van der Waals surface area contributed by atoms with Gasteiger partial charge >= 0.3 is 0 Å². The van der Waals surface area contributed by atoms with E-state index in [-0.39, 0.29) is 11.8 Å². The third-order valence-corrected chi connectivity index (χ3v) is 6.43. The van der Waals surface area contributed by atoms with Crippen molar-refractivity contribution in [3.63, 3.8) is 0 Å². The topological polar surface area (TPSA) is 43.9 Å². The molecular formula is C27H27N3O2. The molecule has 2 heterocycles. The van der Waals surface area contributed by atoms with E-state index in [1.54, 1.807) is 4.90 Å². The lowest BCUT2D eigenvalue weighted by molar-refractivity contribution is -0.134. The second kappa shape index (κ2) is 8.97. The first kappa shape index (κ1) is 20.5. The maximum absolute atomic E-state index is 13.6. The molecule has 0 N–H and O–H groups in total. The molecule has 2 amide bonds. The Bertz CT molecular complexity index is 1090. The van der Waals surface area contributed by atoms with E-state index in [4.69, 9.17) is 0 Å². The molecule has 2 aliphatic rings. The summed E-state index contributed by atoms with van der Waals surface area (Å²) in [6.07, 6.45) is 0.567. The molecule has 1 fully saturated rings. The quantitative estimate of drug-likeness (QED) is 0.642. The number of benzene rings is 3. The van der Waals surface area contributed by atoms with Crippen molar-refractivity contribution in [1.29, 1.82) is 0 Å². The first-order chi connectivity index (χ1) is 15.7. The van der Waals surface area contributed by atoms with E-state index in [9.17, 15) is 9.59 Å². The fourth-order valence-corrected chi connectivity index (χ4v) is 4.73. The van der Waals surface area contributed by atoms with Crippen LogP contribution < -0.4 is 4.90 Å². The fourth-order valence-electron chi connectivity index (χ4n) is 4.73. The number of hydrogen-bond acceptors (Lipinski definition) is 3. The van der Waals surface area contributed by atoms with E-state index >= 15 is 0 Å².